The van der Waals surface area contributed by atoms with Crippen LogP contribution in [0.4, 0.5) is 0 Å². The van der Waals surface area contributed by atoms with Gasteiger partial charge in [-0.05, 0) is 31.4 Å². The molecule has 2 aromatic rings. The first-order chi connectivity index (χ1) is 9.30. The Morgan fingerprint density at radius 3 is 2.95 bits per heavy atom. The van der Waals surface area contributed by atoms with Gasteiger partial charge in [0.2, 0.25) is 0 Å². The van der Waals surface area contributed by atoms with E-state index in [1.807, 2.05) is 11.7 Å². The molecule has 0 saturated heterocycles. The van der Waals surface area contributed by atoms with Crippen molar-refractivity contribution in [3.05, 3.63) is 22.7 Å². The van der Waals surface area contributed by atoms with Crippen LogP contribution in [0.15, 0.2) is 6.33 Å². The molecule has 1 atom stereocenters. The highest BCUT2D eigenvalue weighted by Crippen LogP contribution is 2.23. The van der Waals surface area contributed by atoms with Gasteiger partial charge in [0.1, 0.15) is 12.2 Å². The second-order valence-corrected chi connectivity index (χ2v) is 5.17. The summed E-state index contributed by atoms with van der Waals surface area (Å²) in [6.07, 6.45) is 4.41. The first-order valence-corrected chi connectivity index (χ1v) is 7.42. The second-order valence-electron chi connectivity index (χ2n) is 4.38. The SMILES string of the molecule is CCCn1ncnc1CC(NC)c1snnc1CC. The summed E-state index contributed by atoms with van der Waals surface area (Å²) in [5.41, 5.74) is 1.07. The van der Waals surface area contributed by atoms with Gasteiger partial charge in [-0.2, -0.15) is 5.10 Å². The summed E-state index contributed by atoms with van der Waals surface area (Å²) in [7, 11) is 1.96. The molecule has 0 spiro atoms. The summed E-state index contributed by atoms with van der Waals surface area (Å²) in [6.45, 7) is 5.16. The minimum Gasteiger partial charge on any atom is -0.312 e. The molecule has 0 aromatic carbocycles. The molecule has 0 fully saturated rings. The fourth-order valence-corrected chi connectivity index (χ4v) is 2.92. The van der Waals surface area contributed by atoms with Gasteiger partial charge in [-0.25, -0.2) is 4.98 Å². The van der Waals surface area contributed by atoms with Gasteiger partial charge in [-0.3, -0.25) is 4.68 Å². The van der Waals surface area contributed by atoms with Gasteiger partial charge >= 0.3 is 0 Å². The third kappa shape index (κ3) is 3.16. The predicted molar refractivity (Wildman–Crippen MR) is 75.1 cm³/mol. The summed E-state index contributed by atoms with van der Waals surface area (Å²) >= 11 is 1.47. The highest BCUT2D eigenvalue weighted by atomic mass is 32.1. The fourth-order valence-electron chi connectivity index (χ4n) is 2.08. The van der Waals surface area contributed by atoms with E-state index in [2.05, 4.69) is 38.8 Å². The minimum atomic E-state index is 0.203. The number of hydrogen-bond donors (Lipinski definition) is 1. The van der Waals surface area contributed by atoms with Gasteiger partial charge in [0.25, 0.3) is 0 Å². The Labute approximate surface area is 117 Å². The highest BCUT2D eigenvalue weighted by Gasteiger charge is 2.19. The Hall–Kier alpha value is -1.34. The lowest BCUT2D eigenvalue weighted by Gasteiger charge is -2.15. The van der Waals surface area contributed by atoms with Crippen LogP contribution in [0.25, 0.3) is 0 Å². The van der Waals surface area contributed by atoms with Crippen molar-refractivity contribution in [1.29, 1.82) is 0 Å². The van der Waals surface area contributed by atoms with Crippen molar-refractivity contribution in [3.63, 3.8) is 0 Å². The Balaban J connectivity index is 2.17. The van der Waals surface area contributed by atoms with E-state index in [0.29, 0.717) is 0 Å². The zero-order valence-corrected chi connectivity index (χ0v) is 12.4. The van der Waals surface area contributed by atoms with Gasteiger partial charge in [0, 0.05) is 13.0 Å². The molecule has 0 saturated carbocycles. The van der Waals surface area contributed by atoms with E-state index in [0.717, 1.165) is 37.3 Å². The molecule has 0 amide bonds. The van der Waals surface area contributed by atoms with E-state index < -0.39 is 0 Å². The molecule has 1 N–H and O–H groups in total. The number of aryl methyl sites for hydroxylation is 2. The summed E-state index contributed by atoms with van der Waals surface area (Å²) in [5, 5.41) is 11.8. The molecular weight excluding hydrogens is 260 g/mol. The third-order valence-electron chi connectivity index (χ3n) is 3.10. The molecule has 7 heteroatoms. The van der Waals surface area contributed by atoms with Gasteiger partial charge < -0.3 is 5.32 Å². The molecule has 19 heavy (non-hydrogen) atoms. The van der Waals surface area contributed by atoms with Crippen LogP contribution in [-0.2, 0) is 19.4 Å². The minimum absolute atomic E-state index is 0.203. The average molecular weight is 280 g/mol. The monoisotopic (exact) mass is 280 g/mol. The number of rotatable bonds is 7. The highest BCUT2D eigenvalue weighted by molar-refractivity contribution is 7.05. The Morgan fingerprint density at radius 2 is 2.26 bits per heavy atom. The topological polar surface area (TPSA) is 68.5 Å². The van der Waals surface area contributed by atoms with E-state index in [9.17, 15) is 0 Å². The van der Waals surface area contributed by atoms with E-state index >= 15 is 0 Å². The molecule has 0 aliphatic heterocycles. The van der Waals surface area contributed by atoms with E-state index in [-0.39, 0.29) is 6.04 Å². The first kappa shape index (κ1) is 14.1. The second kappa shape index (κ2) is 6.72. The summed E-state index contributed by atoms with van der Waals surface area (Å²) < 4.78 is 6.04. The van der Waals surface area contributed by atoms with Crippen LogP contribution in [-0.4, -0.2) is 31.4 Å². The lowest BCUT2D eigenvalue weighted by Crippen LogP contribution is -2.21. The van der Waals surface area contributed by atoms with E-state index in [4.69, 9.17) is 0 Å². The van der Waals surface area contributed by atoms with E-state index in [1.54, 1.807) is 6.33 Å². The molecular formula is C12H20N6S. The van der Waals surface area contributed by atoms with Crippen molar-refractivity contribution < 1.29 is 0 Å². The van der Waals surface area contributed by atoms with Crippen LogP contribution < -0.4 is 5.32 Å². The molecule has 2 aromatic heterocycles. The maximum Gasteiger partial charge on any atom is 0.138 e. The Bertz CT molecular complexity index is 506. The van der Waals surface area contributed by atoms with Crippen molar-refractivity contribution in [3.8, 4) is 0 Å². The maximum atomic E-state index is 4.36. The maximum absolute atomic E-state index is 4.36. The van der Waals surface area contributed by atoms with Crippen LogP contribution >= 0.6 is 11.5 Å². The smallest absolute Gasteiger partial charge is 0.138 e. The normalized spacial score (nSPS) is 12.8. The molecule has 2 rings (SSSR count). The number of aromatic nitrogens is 5. The van der Waals surface area contributed by atoms with Gasteiger partial charge in [-0.15, -0.1) is 5.10 Å². The van der Waals surface area contributed by atoms with Gasteiger partial charge in [0.05, 0.1) is 16.6 Å². The van der Waals surface area contributed by atoms with Crippen LogP contribution in [0, 0.1) is 0 Å². The molecule has 0 radical (unpaired) electrons. The molecule has 6 nitrogen and oxygen atoms in total. The van der Waals surface area contributed by atoms with Crippen molar-refractivity contribution in [2.75, 3.05) is 7.05 Å². The van der Waals surface area contributed by atoms with Crippen LogP contribution in [0.1, 0.15) is 42.7 Å². The zero-order valence-electron chi connectivity index (χ0n) is 11.6. The number of hydrogen-bond acceptors (Lipinski definition) is 6. The molecule has 0 bridgehead atoms. The Kier molecular flexibility index (Phi) is 4.98. The van der Waals surface area contributed by atoms with Crippen molar-refractivity contribution in [1.82, 2.24) is 29.7 Å². The molecule has 0 aliphatic carbocycles. The first-order valence-electron chi connectivity index (χ1n) is 6.65. The van der Waals surface area contributed by atoms with Crippen LogP contribution in [0.3, 0.4) is 0 Å². The standard InChI is InChI=1S/C12H20N6S/c1-4-6-18-11(14-8-15-18)7-10(13-3)12-9(5-2)16-17-19-12/h8,10,13H,4-7H2,1-3H3. The molecule has 2 heterocycles. The van der Waals surface area contributed by atoms with Crippen LogP contribution in [0.2, 0.25) is 0 Å². The zero-order chi connectivity index (χ0) is 13.7. The average Bonchev–Trinajstić information content (AvgIpc) is 3.05. The molecule has 1 unspecified atom stereocenters. The quantitative estimate of drug-likeness (QED) is 0.834. The van der Waals surface area contributed by atoms with Crippen LogP contribution in [0.5, 0.6) is 0 Å². The lowest BCUT2D eigenvalue weighted by molar-refractivity contribution is 0.518. The molecule has 104 valence electrons. The number of nitrogens with zero attached hydrogens (tertiary/aromatic N) is 5. The van der Waals surface area contributed by atoms with Crippen molar-refractivity contribution >= 4 is 11.5 Å². The van der Waals surface area contributed by atoms with Gasteiger partial charge in [0.15, 0.2) is 0 Å². The number of nitrogens with one attached hydrogen (secondary N) is 1. The largest absolute Gasteiger partial charge is 0.312 e. The van der Waals surface area contributed by atoms with Crippen molar-refractivity contribution in [2.24, 2.45) is 0 Å². The fraction of sp³-hybridized carbons (Fsp3) is 0.667. The third-order valence-corrected chi connectivity index (χ3v) is 3.98. The Morgan fingerprint density at radius 1 is 1.42 bits per heavy atom. The van der Waals surface area contributed by atoms with Crippen molar-refractivity contribution in [2.45, 2.75) is 45.7 Å². The lowest BCUT2D eigenvalue weighted by atomic mass is 10.1. The summed E-state index contributed by atoms with van der Waals surface area (Å²) in [4.78, 5) is 5.57. The summed E-state index contributed by atoms with van der Waals surface area (Å²) in [6, 6.07) is 0.203. The predicted octanol–water partition coefficient (Wildman–Crippen LogP) is 1.61. The summed E-state index contributed by atoms with van der Waals surface area (Å²) in [5.74, 6) is 1.01. The number of likely N-dealkylation sites (N-methyl/N-ethyl adjacent to an activating group) is 1. The van der Waals surface area contributed by atoms with Gasteiger partial charge in [-0.1, -0.05) is 18.3 Å². The molecule has 0 aliphatic rings. The van der Waals surface area contributed by atoms with E-state index in [1.165, 1.54) is 16.4 Å².